The van der Waals surface area contributed by atoms with E-state index in [1.807, 2.05) is 4.90 Å². The van der Waals surface area contributed by atoms with E-state index in [9.17, 15) is 4.79 Å². The molecule has 0 N–H and O–H groups in total. The predicted octanol–water partition coefficient (Wildman–Crippen LogP) is 2.59. The average Bonchev–Trinajstić information content (AvgIpc) is 2.32. The Balaban J connectivity index is 2.47. The third kappa shape index (κ3) is 2.62. The first-order valence-corrected chi connectivity index (χ1v) is 7.95. The monoisotopic (exact) mass is 299 g/mol. The molecule has 1 heterocycles. The van der Waals surface area contributed by atoms with Gasteiger partial charge in [0.15, 0.2) is 0 Å². The van der Waals surface area contributed by atoms with Crippen molar-refractivity contribution in [2.75, 3.05) is 6.54 Å². The van der Waals surface area contributed by atoms with Crippen molar-refractivity contribution in [3.63, 3.8) is 0 Å². The minimum atomic E-state index is -0.201. The highest BCUT2D eigenvalue weighted by molar-refractivity contribution is 7.41. The molecule has 0 fully saturated rings. The lowest BCUT2D eigenvalue weighted by Crippen LogP contribution is -2.45. The maximum absolute atomic E-state index is 11.8. The van der Waals surface area contributed by atoms with Crippen LogP contribution in [-0.2, 0) is 16.1 Å². The van der Waals surface area contributed by atoms with Crippen LogP contribution in [0.15, 0.2) is 24.3 Å². The van der Waals surface area contributed by atoms with Crippen LogP contribution in [-0.4, -0.2) is 23.1 Å². The molecule has 0 spiro atoms. The van der Waals surface area contributed by atoms with Gasteiger partial charge >= 0.3 is 0 Å². The van der Waals surface area contributed by atoms with E-state index in [1.54, 1.807) is 6.92 Å². The van der Waals surface area contributed by atoms with Gasteiger partial charge in [0.1, 0.15) is 0 Å². The quantitative estimate of drug-likeness (QED) is 0.674. The Morgan fingerprint density at radius 2 is 2.06 bits per heavy atom. The van der Waals surface area contributed by atoms with Crippen LogP contribution in [0.3, 0.4) is 0 Å². The van der Waals surface area contributed by atoms with E-state index in [4.69, 9.17) is 0 Å². The molecule has 0 bridgehead atoms. The van der Waals surface area contributed by atoms with Gasteiger partial charge in [0, 0.05) is 18.4 Å². The van der Waals surface area contributed by atoms with Crippen LogP contribution in [0.1, 0.15) is 24.5 Å². The fourth-order valence-electron chi connectivity index (χ4n) is 2.51. The van der Waals surface area contributed by atoms with Crippen LogP contribution in [0.4, 0.5) is 0 Å². The largest absolute Gasteiger partial charge is 0.335 e. The van der Waals surface area contributed by atoms with Gasteiger partial charge in [-0.3, -0.25) is 4.79 Å². The zero-order valence-corrected chi connectivity index (χ0v) is 14.1. The second kappa shape index (κ2) is 5.54. The van der Waals surface area contributed by atoms with Crippen LogP contribution in [0.5, 0.6) is 0 Å². The van der Waals surface area contributed by atoms with Gasteiger partial charge in [0.25, 0.3) is 0 Å². The molecule has 1 aliphatic rings. The average molecular weight is 299 g/mol. The molecule has 4 unspecified atom stereocenters. The van der Waals surface area contributed by atoms with Gasteiger partial charge in [0.05, 0.1) is 5.78 Å². The highest BCUT2D eigenvalue weighted by Crippen LogP contribution is 2.48. The fourth-order valence-corrected chi connectivity index (χ4v) is 3.97. The summed E-state index contributed by atoms with van der Waals surface area (Å²) in [6.45, 7) is 2.47. The Bertz CT molecular complexity index is 461. The minimum Gasteiger partial charge on any atom is -0.335 e. The molecule has 98 valence electrons. The van der Waals surface area contributed by atoms with Crippen LogP contribution >= 0.6 is 27.7 Å². The maximum atomic E-state index is 11.8. The van der Waals surface area contributed by atoms with E-state index in [2.05, 4.69) is 52.0 Å². The summed E-state index contributed by atoms with van der Waals surface area (Å²) in [6.07, 6.45) is 2.05. The Kier molecular flexibility index (Phi) is 4.43. The summed E-state index contributed by atoms with van der Waals surface area (Å²) < 4.78 is 0. The van der Waals surface area contributed by atoms with Crippen molar-refractivity contribution in [1.29, 1.82) is 0 Å². The molecule has 5 heteroatoms. The fraction of sp³-hybridized carbons (Fsp3) is 0.462. The molecule has 0 aromatic heterocycles. The number of carbonyl (C=O) groups is 1. The summed E-state index contributed by atoms with van der Waals surface area (Å²) in [5.74, 6) is 0.218. The molecule has 0 aliphatic carbocycles. The first-order valence-electron chi connectivity index (χ1n) is 6.13. The van der Waals surface area contributed by atoms with Gasteiger partial charge < -0.3 is 4.90 Å². The third-order valence-electron chi connectivity index (χ3n) is 3.56. The number of rotatable bonds is 0. The normalized spacial score (nSPS) is 22.9. The van der Waals surface area contributed by atoms with Crippen LogP contribution < -0.4 is 0 Å². The molecule has 1 amide bonds. The number of benzene rings is 1. The van der Waals surface area contributed by atoms with E-state index in [0.29, 0.717) is 0 Å². The number of fused-ring (bicyclic) bond motifs is 1. The van der Waals surface area contributed by atoms with Gasteiger partial charge in [-0.05, 0) is 24.0 Å². The Morgan fingerprint density at radius 3 is 2.72 bits per heavy atom. The minimum absolute atomic E-state index is 0.0754. The third-order valence-corrected chi connectivity index (χ3v) is 6.54. The predicted molar refractivity (Wildman–Crippen MR) is 86.7 cm³/mol. The second-order valence-electron chi connectivity index (χ2n) is 4.85. The van der Waals surface area contributed by atoms with Crippen molar-refractivity contribution >= 4 is 33.6 Å². The van der Waals surface area contributed by atoms with Crippen molar-refractivity contribution in [2.24, 2.45) is 0 Å². The molecule has 1 aliphatic heterocycles. The van der Waals surface area contributed by atoms with E-state index in [1.165, 1.54) is 11.1 Å². The second-order valence-corrected chi connectivity index (χ2v) is 8.06. The van der Waals surface area contributed by atoms with Gasteiger partial charge in [-0.25, -0.2) is 0 Å². The van der Waals surface area contributed by atoms with Gasteiger partial charge in [-0.15, -0.1) is 27.7 Å². The standard InChI is InChI=1S/C13H20NOP3/c1-9(15)14-8-4-6-10-5-2-3-7-11(10)13(17,18)12(14)16/h2-3,5,7,12H,4,6,8,16-18H2,1H3. The Labute approximate surface area is 116 Å². The summed E-state index contributed by atoms with van der Waals surface area (Å²) >= 11 is 0. The van der Waals surface area contributed by atoms with Gasteiger partial charge in [-0.1, -0.05) is 24.3 Å². The molecule has 18 heavy (non-hydrogen) atoms. The maximum Gasteiger partial charge on any atom is 0.220 e. The van der Waals surface area contributed by atoms with Gasteiger partial charge in [0.2, 0.25) is 5.91 Å². The highest BCUT2D eigenvalue weighted by atomic mass is 31.1. The molecule has 2 nitrogen and oxygen atoms in total. The molecular formula is C13H20NOP3. The molecule has 0 radical (unpaired) electrons. The van der Waals surface area contributed by atoms with Crippen LogP contribution in [0, 0.1) is 0 Å². The molecule has 0 saturated heterocycles. The molecule has 2 rings (SSSR count). The number of aryl methyl sites for hydroxylation is 1. The zero-order valence-electron chi connectivity index (χ0n) is 10.6. The Hall–Kier alpha value is -0.0200. The lowest BCUT2D eigenvalue weighted by Gasteiger charge is -2.42. The van der Waals surface area contributed by atoms with Crippen molar-refractivity contribution in [1.82, 2.24) is 4.90 Å². The summed E-state index contributed by atoms with van der Waals surface area (Å²) in [7, 11) is 8.63. The molecule has 1 aromatic rings. The number of carbonyl (C=O) groups excluding carboxylic acids is 1. The number of amides is 1. The molecule has 4 atom stereocenters. The first kappa shape index (κ1) is 14.4. The summed E-state index contributed by atoms with van der Waals surface area (Å²) in [5.41, 5.74) is 2.68. The van der Waals surface area contributed by atoms with Crippen LogP contribution in [0.2, 0.25) is 0 Å². The first-order chi connectivity index (χ1) is 8.44. The van der Waals surface area contributed by atoms with Crippen molar-refractivity contribution in [3.8, 4) is 0 Å². The summed E-state index contributed by atoms with van der Waals surface area (Å²) in [4.78, 5) is 13.5. The van der Waals surface area contributed by atoms with E-state index >= 15 is 0 Å². The van der Waals surface area contributed by atoms with Crippen molar-refractivity contribution in [3.05, 3.63) is 35.4 Å². The van der Waals surface area contributed by atoms with Gasteiger partial charge in [-0.2, -0.15) is 0 Å². The van der Waals surface area contributed by atoms with E-state index in [-0.39, 0.29) is 16.6 Å². The molecule has 0 saturated carbocycles. The number of hydrogen-bond acceptors (Lipinski definition) is 1. The Morgan fingerprint density at radius 1 is 1.39 bits per heavy atom. The lowest BCUT2D eigenvalue weighted by molar-refractivity contribution is -0.129. The number of hydrogen-bond donors (Lipinski definition) is 0. The summed E-state index contributed by atoms with van der Waals surface area (Å²) in [6, 6.07) is 8.51. The SMILES string of the molecule is CC(=O)N1CCCc2ccccc2C(P)(P)C1P. The highest BCUT2D eigenvalue weighted by Gasteiger charge is 2.36. The lowest BCUT2D eigenvalue weighted by atomic mass is 9.97. The van der Waals surface area contributed by atoms with E-state index < -0.39 is 0 Å². The molecule has 1 aromatic carbocycles. The smallest absolute Gasteiger partial charge is 0.220 e. The summed E-state index contributed by atoms with van der Waals surface area (Å²) in [5, 5.41) is 0. The van der Waals surface area contributed by atoms with Crippen molar-refractivity contribution in [2.45, 2.75) is 30.4 Å². The van der Waals surface area contributed by atoms with Crippen molar-refractivity contribution < 1.29 is 4.79 Å². The topological polar surface area (TPSA) is 20.3 Å². The molecular weight excluding hydrogens is 279 g/mol. The van der Waals surface area contributed by atoms with Crippen LogP contribution in [0.25, 0.3) is 0 Å². The number of nitrogens with zero attached hydrogens (tertiary/aromatic N) is 1. The zero-order chi connectivity index (χ0) is 13.3. The van der Waals surface area contributed by atoms with E-state index in [0.717, 1.165) is 19.4 Å².